The zero-order chi connectivity index (χ0) is 21.5. The molecule has 2 aromatic rings. The van der Waals surface area contributed by atoms with Crippen LogP contribution in [-0.2, 0) is 0 Å². The molecule has 3 atom stereocenters. The van der Waals surface area contributed by atoms with Crippen molar-refractivity contribution in [3.05, 3.63) is 65.5 Å². The maximum Gasteiger partial charge on any atom is 0.123 e. The molecule has 3 rings (SSSR count). The Kier molecular flexibility index (Phi) is 8.22. The third-order valence-corrected chi connectivity index (χ3v) is 5.86. The number of para-hydroxylation sites is 1. The van der Waals surface area contributed by atoms with Crippen LogP contribution in [0.5, 0.6) is 5.75 Å². The number of hydrogen-bond donors (Lipinski definition) is 2. The summed E-state index contributed by atoms with van der Waals surface area (Å²) >= 11 is 0. The van der Waals surface area contributed by atoms with Gasteiger partial charge in [-0.2, -0.15) is 0 Å². The lowest BCUT2D eigenvalue weighted by atomic mass is 9.95. The number of β-amino-alcohol motifs (C(OH)–C–C–N with tert-alkyl or cyclic N) is 2. The van der Waals surface area contributed by atoms with Crippen molar-refractivity contribution >= 4 is 0 Å². The molecular formula is C24H33FN2O3. The van der Waals surface area contributed by atoms with Crippen LogP contribution in [-0.4, -0.2) is 78.1 Å². The van der Waals surface area contributed by atoms with E-state index in [0.717, 1.165) is 43.1 Å². The smallest absolute Gasteiger partial charge is 0.123 e. The number of aliphatic hydroxyl groups excluding tert-OH is 2. The zero-order valence-electron chi connectivity index (χ0n) is 17.9. The lowest BCUT2D eigenvalue weighted by Crippen LogP contribution is -2.51. The molecule has 0 amide bonds. The fourth-order valence-electron chi connectivity index (χ4n) is 3.84. The van der Waals surface area contributed by atoms with Gasteiger partial charge in [0.1, 0.15) is 24.3 Å². The van der Waals surface area contributed by atoms with Gasteiger partial charge in [0, 0.05) is 45.2 Å². The first-order valence-corrected chi connectivity index (χ1v) is 10.7. The number of nitrogens with zero attached hydrogens (tertiary/aromatic N) is 2. The molecule has 0 spiro atoms. The molecule has 1 heterocycles. The van der Waals surface area contributed by atoms with E-state index in [-0.39, 0.29) is 18.3 Å². The van der Waals surface area contributed by atoms with Crippen molar-refractivity contribution in [2.24, 2.45) is 0 Å². The predicted octanol–water partition coefficient (Wildman–Crippen LogP) is 2.66. The summed E-state index contributed by atoms with van der Waals surface area (Å²) in [7, 11) is 0. The molecule has 2 aromatic carbocycles. The number of halogens is 1. The van der Waals surface area contributed by atoms with Crippen molar-refractivity contribution in [2.45, 2.75) is 32.0 Å². The van der Waals surface area contributed by atoms with Crippen LogP contribution in [0.4, 0.5) is 4.39 Å². The van der Waals surface area contributed by atoms with Crippen molar-refractivity contribution < 1.29 is 19.3 Å². The summed E-state index contributed by atoms with van der Waals surface area (Å²) < 4.78 is 19.2. The lowest BCUT2D eigenvalue weighted by Gasteiger charge is -2.37. The van der Waals surface area contributed by atoms with Crippen LogP contribution in [0.25, 0.3) is 0 Å². The number of benzene rings is 2. The summed E-state index contributed by atoms with van der Waals surface area (Å²) in [6.07, 6.45) is -1.10. The average molecular weight is 417 g/mol. The van der Waals surface area contributed by atoms with Crippen LogP contribution in [0.15, 0.2) is 48.5 Å². The zero-order valence-corrected chi connectivity index (χ0v) is 17.9. The molecule has 164 valence electrons. The number of hydrogen-bond acceptors (Lipinski definition) is 5. The highest BCUT2D eigenvalue weighted by atomic mass is 19.1. The van der Waals surface area contributed by atoms with Gasteiger partial charge in [0.2, 0.25) is 0 Å². The van der Waals surface area contributed by atoms with E-state index in [9.17, 15) is 14.6 Å². The van der Waals surface area contributed by atoms with E-state index in [0.29, 0.717) is 13.1 Å². The molecule has 6 heteroatoms. The van der Waals surface area contributed by atoms with Crippen LogP contribution in [0.1, 0.15) is 24.0 Å². The van der Waals surface area contributed by atoms with Crippen molar-refractivity contribution in [3.8, 4) is 5.75 Å². The summed E-state index contributed by atoms with van der Waals surface area (Å²) in [5.41, 5.74) is 1.88. The van der Waals surface area contributed by atoms with Gasteiger partial charge in [-0.05, 0) is 36.2 Å². The summed E-state index contributed by atoms with van der Waals surface area (Å²) in [5.74, 6) is 0.409. The second-order valence-electron chi connectivity index (χ2n) is 8.24. The standard InChI is InChI=1S/C24H33FN2O3/c1-18-6-3-4-9-24(18)30-17-22(28)15-26-10-12-27(13-11-26)16-23(29)19(2)20-7-5-8-21(25)14-20/h3-9,14,19,22-23,28-29H,10-13,15-17H2,1-2H3. The Hall–Kier alpha value is -1.99. The third-order valence-electron chi connectivity index (χ3n) is 5.86. The van der Waals surface area contributed by atoms with Crippen LogP contribution < -0.4 is 4.74 Å². The molecule has 0 aromatic heterocycles. The maximum absolute atomic E-state index is 13.4. The molecule has 3 unspecified atom stereocenters. The van der Waals surface area contributed by atoms with Gasteiger partial charge in [0.25, 0.3) is 0 Å². The van der Waals surface area contributed by atoms with E-state index in [1.54, 1.807) is 6.07 Å². The molecule has 1 fully saturated rings. The Morgan fingerprint density at radius 2 is 1.63 bits per heavy atom. The normalized spacial score (nSPS) is 18.7. The van der Waals surface area contributed by atoms with E-state index >= 15 is 0 Å². The minimum Gasteiger partial charge on any atom is -0.491 e. The van der Waals surface area contributed by atoms with Gasteiger partial charge in [-0.1, -0.05) is 37.3 Å². The molecule has 0 aliphatic carbocycles. The predicted molar refractivity (Wildman–Crippen MR) is 116 cm³/mol. The van der Waals surface area contributed by atoms with Gasteiger partial charge in [0.15, 0.2) is 0 Å². The van der Waals surface area contributed by atoms with E-state index < -0.39 is 12.2 Å². The van der Waals surface area contributed by atoms with Gasteiger partial charge in [-0.3, -0.25) is 9.80 Å². The lowest BCUT2D eigenvalue weighted by molar-refractivity contribution is 0.0296. The first kappa shape index (κ1) is 22.7. The van der Waals surface area contributed by atoms with Gasteiger partial charge < -0.3 is 14.9 Å². The fourth-order valence-corrected chi connectivity index (χ4v) is 3.84. The molecule has 30 heavy (non-hydrogen) atoms. The molecule has 1 aliphatic heterocycles. The second kappa shape index (κ2) is 10.9. The highest BCUT2D eigenvalue weighted by molar-refractivity contribution is 5.31. The molecule has 1 saturated heterocycles. The van der Waals surface area contributed by atoms with Crippen LogP contribution in [0, 0.1) is 12.7 Å². The molecule has 1 aliphatic rings. The SMILES string of the molecule is Cc1ccccc1OCC(O)CN1CCN(CC(O)C(C)c2cccc(F)c2)CC1. The summed E-state index contributed by atoms with van der Waals surface area (Å²) in [4.78, 5) is 4.46. The fraction of sp³-hybridized carbons (Fsp3) is 0.500. The first-order valence-electron chi connectivity index (χ1n) is 10.7. The van der Waals surface area contributed by atoms with Crippen molar-refractivity contribution in [2.75, 3.05) is 45.9 Å². The molecule has 2 N–H and O–H groups in total. The van der Waals surface area contributed by atoms with Gasteiger partial charge in [0.05, 0.1) is 6.10 Å². The summed E-state index contributed by atoms with van der Waals surface area (Å²) in [5, 5.41) is 20.9. The highest BCUT2D eigenvalue weighted by Gasteiger charge is 2.24. The van der Waals surface area contributed by atoms with Crippen LogP contribution >= 0.6 is 0 Å². The van der Waals surface area contributed by atoms with E-state index in [2.05, 4.69) is 9.80 Å². The number of rotatable bonds is 9. The second-order valence-corrected chi connectivity index (χ2v) is 8.24. The van der Waals surface area contributed by atoms with Crippen molar-refractivity contribution in [1.29, 1.82) is 0 Å². The number of ether oxygens (including phenoxy) is 1. The first-order chi connectivity index (χ1) is 14.4. The minimum absolute atomic E-state index is 0.126. The Bertz CT molecular complexity index is 796. The Balaban J connectivity index is 1.38. The van der Waals surface area contributed by atoms with Gasteiger partial charge in [-0.15, -0.1) is 0 Å². The maximum atomic E-state index is 13.4. The highest BCUT2D eigenvalue weighted by Crippen LogP contribution is 2.21. The Morgan fingerprint density at radius 3 is 2.30 bits per heavy atom. The topological polar surface area (TPSA) is 56.2 Å². The Morgan fingerprint density at radius 1 is 0.967 bits per heavy atom. The summed E-state index contributed by atoms with van der Waals surface area (Å²) in [6, 6.07) is 14.2. The number of aryl methyl sites for hydroxylation is 1. The number of aliphatic hydroxyl groups is 2. The summed E-state index contributed by atoms with van der Waals surface area (Å²) in [6.45, 7) is 8.66. The van der Waals surface area contributed by atoms with Gasteiger partial charge >= 0.3 is 0 Å². The van der Waals surface area contributed by atoms with Crippen LogP contribution in [0.3, 0.4) is 0 Å². The molecule has 0 bridgehead atoms. The molecule has 0 radical (unpaired) electrons. The number of piperazine rings is 1. The van der Waals surface area contributed by atoms with E-state index in [1.807, 2.05) is 44.2 Å². The minimum atomic E-state index is -0.550. The quantitative estimate of drug-likeness (QED) is 0.658. The molecule has 5 nitrogen and oxygen atoms in total. The molecular weight excluding hydrogens is 383 g/mol. The largest absolute Gasteiger partial charge is 0.491 e. The van der Waals surface area contributed by atoms with Crippen molar-refractivity contribution in [3.63, 3.8) is 0 Å². The van der Waals surface area contributed by atoms with Gasteiger partial charge in [-0.25, -0.2) is 4.39 Å². The Labute approximate surface area is 178 Å². The van der Waals surface area contributed by atoms with E-state index in [4.69, 9.17) is 4.74 Å². The third kappa shape index (κ3) is 6.51. The monoisotopic (exact) mass is 416 g/mol. The van der Waals surface area contributed by atoms with Crippen molar-refractivity contribution in [1.82, 2.24) is 9.80 Å². The molecule has 0 saturated carbocycles. The average Bonchev–Trinajstić information content (AvgIpc) is 2.74. The van der Waals surface area contributed by atoms with E-state index in [1.165, 1.54) is 12.1 Å². The van der Waals surface area contributed by atoms with Crippen LogP contribution in [0.2, 0.25) is 0 Å².